The van der Waals surface area contributed by atoms with Crippen LogP contribution in [0.15, 0.2) is 48.8 Å². The molecule has 0 spiro atoms. The second kappa shape index (κ2) is 8.81. The molecule has 0 unspecified atom stereocenters. The van der Waals surface area contributed by atoms with E-state index in [4.69, 9.17) is 4.74 Å². The third kappa shape index (κ3) is 5.05. The minimum absolute atomic E-state index is 0.156. The Morgan fingerprint density at radius 2 is 1.79 bits per heavy atom. The molecule has 0 aliphatic heterocycles. The lowest BCUT2D eigenvalue weighted by Crippen LogP contribution is -2.26. The molecule has 0 radical (unpaired) electrons. The van der Waals surface area contributed by atoms with E-state index in [2.05, 4.69) is 40.2 Å². The van der Waals surface area contributed by atoms with Gasteiger partial charge < -0.3 is 9.84 Å². The van der Waals surface area contributed by atoms with Crippen molar-refractivity contribution in [1.82, 2.24) is 9.88 Å². The first kappa shape index (κ1) is 16.9. The zero-order valence-electron chi connectivity index (χ0n) is 14.1. The molecule has 1 aliphatic rings. The van der Waals surface area contributed by atoms with Crippen LogP contribution in [0.4, 0.5) is 0 Å². The maximum absolute atomic E-state index is 9.32. The van der Waals surface area contributed by atoms with Crippen molar-refractivity contribution in [1.29, 1.82) is 0 Å². The van der Waals surface area contributed by atoms with Gasteiger partial charge in [-0.1, -0.05) is 18.2 Å². The number of aliphatic hydroxyl groups is 1. The highest BCUT2D eigenvalue weighted by molar-refractivity contribution is 5.27. The third-order valence-corrected chi connectivity index (χ3v) is 4.48. The molecule has 1 aliphatic carbocycles. The van der Waals surface area contributed by atoms with E-state index < -0.39 is 0 Å². The number of rotatable bonds is 8. The number of ether oxygens (including phenoxy) is 1. The summed E-state index contributed by atoms with van der Waals surface area (Å²) in [6.07, 6.45) is 8.98. The molecule has 2 aromatic rings. The molecule has 0 amide bonds. The van der Waals surface area contributed by atoms with Crippen LogP contribution in [0.5, 0.6) is 5.75 Å². The Kier molecular flexibility index (Phi) is 6.21. The van der Waals surface area contributed by atoms with Crippen LogP contribution in [0.2, 0.25) is 0 Å². The average Bonchev–Trinajstić information content (AvgIpc) is 3.11. The van der Waals surface area contributed by atoms with E-state index >= 15 is 0 Å². The maximum atomic E-state index is 9.32. The summed E-state index contributed by atoms with van der Waals surface area (Å²) in [5.74, 6) is 0.964. The van der Waals surface area contributed by atoms with E-state index in [9.17, 15) is 5.11 Å². The number of hydrogen-bond acceptors (Lipinski definition) is 4. The summed E-state index contributed by atoms with van der Waals surface area (Å²) in [4.78, 5) is 6.39. The quantitative estimate of drug-likeness (QED) is 0.807. The summed E-state index contributed by atoms with van der Waals surface area (Å²) in [6.45, 7) is 2.40. The predicted octanol–water partition coefficient (Wildman–Crippen LogP) is 3.40. The Morgan fingerprint density at radius 3 is 2.46 bits per heavy atom. The van der Waals surface area contributed by atoms with Crippen molar-refractivity contribution in [3.8, 4) is 5.75 Å². The monoisotopic (exact) mass is 326 g/mol. The van der Waals surface area contributed by atoms with Gasteiger partial charge in [0, 0.05) is 32.0 Å². The van der Waals surface area contributed by atoms with Crippen molar-refractivity contribution in [2.75, 3.05) is 13.2 Å². The van der Waals surface area contributed by atoms with E-state index in [0.717, 1.165) is 24.4 Å². The van der Waals surface area contributed by atoms with Crippen molar-refractivity contribution < 1.29 is 9.84 Å². The van der Waals surface area contributed by atoms with Gasteiger partial charge in [0.05, 0.1) is 12.7 Å². The molecule has 1 aromatic heterocycles. The van der Waals surface area contributed by atoms with Gasteiger partial charge in [-0.25, -0.2) is 0 Å². The molecule has 4 nitrogen and oxygen atoms in total. The number of aliphatic hydroxyl groups excluding tert-OH is 1. The molecule has 1 saturated carbocycles. The highest BCUT2D eigenvalue weighted by Crippen LogP contribution is 2.24. The third-order valence-electron chi connectivity index (χ3n) is 4.48. The molecule has 0 atom stereocenters. The SMILES string of the molecule is OCCN(Cc1ccc(OC2CCCC2)cc1)Cc1cccnc1. The van der Waals surface area contributed by atoms with Crippen LogP contribution in [0.25, 0.3) is 0 Å². The first-order chi connectivity index (χ1) is 11.8. The van der Waals surface area contributed by atoms with Crippen LogP contribution in [0.1, 0.15) is 36.8 Å². The van der Waals surface area contributed by atoms with Gasteiger partial charge >= 0.3 is 0 Å². The predicted molar refractivity (Wildman–Crippen MR) is 94.8 cm³/mol. The van der Waals surface area contributed by atoms with Crippen LogP contribution in [0.3, 0.4) is 0 Å². The van der Waals surface area contributed by atoms with Gasteiger partial charge in [0.15, 0.2) is 0 Å². The zero-order valence-corrected chi connectivity index (χ0v) is 14.1. The van der Waals surface area contributed by atoms with Crippen molar-refractivity contribution >= 4 is 0 Å². The minimum Gasteiger partial charge on any atom is -0.490 e. The largest absolute Gasteiger partial charge is 0.490 e. The molecule has 128 valence electrons. The number of aromatic nitrogens is 1. The van der Waals surface area contributed by atoms with E-state index in [-0.39, 0.29) is 6.61 Å². The first-order valence-corrected chi connectivity index (χ1v) is 8.81. The molecule has 1 heterocycles. The van der Waals surface area contributed by atoms with E-state index in [1.165, 1.54) is 31.2 Å². The molecule has 3 rings (SSSR count). The van der Waals surface area contributed by atoms with Crippen molar-refractivity contribution in [3.05, 3.63) is 59.9 Å². The topological polar surface area (TPSA) is 45.6 Å². The van der Waals surface area contributed by atoms with Crippen molar-refractivity contribution in [2.45, 2.75) is 44.9 Å². The molecule has 1 aromatic carbocycles. The van der Waals surface area contributed by atoms with Crippen molar-refractivity contribution in [2.24, 2.45) is 0 Å². The normalized spacial score (nSPS) is 15.1. The van der Waals surface area contributed by atoms with E-state index in [0.29, 0.717) is 12.6 Å². The fraction of sp³-hybridized carbons (Fsp3) is 0.450. The molecule has 4 heteroatoms. The summed E-state index contributed by atoms with van der Waals surface area (Å²) in [5.41, 5.74) is 2.39. The summed E-state index contributed by atoms with van der Waals surface area (Å²) in [7, 11) is 0. The van der Waals surface area contributed by atoms with Crippen molar-refractivity contribution in [3.63, 3.8) is 0 Å². The zero-order chi connectivity index (χ0) is 16.6. The molecule has 0 bridgehead atoms. The molecule has 0 saturated heterocycles. The molecule has 1 N–H and O–H groups in total. The molecular weight excluding hydrogens is 300 g/mol. The molecular formula is C20H26N2O2. The Morgan fingerprint density at radius 1 is 1.04 bits per heavy atom. The van der Waals surface area contributed by atoms with E-state index in [1.807, 2.05) is 12.3 Å². The van der Waals surface area contributed by atoms with Crippen LogP contribution in [-0.4, -0.2) is 34.2 Å². The highest BCUT2D eigenvalue weighted by atomic mass is 16.5. The van der Waals surface area contributed by atoms with Gasteiger partial charge in [-0.3, -0.25) is 9.88 Å². The Labute approximate surface area is 144 Å². The number of benzene rings is 1. The second-order valence-corrected chi connectivity index (χ2v) is 6.46. The smallest absolute Gasteiger partial charge is 0.119 e. The van der Waals surface area contributed by atoms with Gasteiger partial charge in [0.2, 0.25) is 0 Å². The first-order valence-electron chi connectivity index (χ1n) is 8.81. The second-order valence-electron chi connectivity index (χ2n) is 6.46. The van der Waals surface area contributed by atoms with Gasteiger partial charge in [-0.15, -0.1) is 0 Å². The van der Waals surface area contributed by atoms with Crippen LogP contribution >= 0.6 is 0 Å². The minimum atomic E-state index is 0.156. The summed E-state index contributed by atoms with van der Waals surface area (Å²) in [5, 5.41) is 9.32. The summed E-state index contributed by atoms with van der Waals surface area (Å²) in [6, 6.07) is 12.4. The Balaban J connectivity index is 1.57. The Bertz CT molecular complexity index is 595. The van der Waals surface area contributed by atoms with Crippen LogP contribution in [-0.2, 0) is 13.1 Å². The fourth-order valence-corrected chi connectivity index (χ4v) is 3.24. The summed E-state index contributed by atoms with van der Waals surface area (Å²) < 4.78 is 6.02. The molecule has 24 heavy (non-hydrogen) atoms. The maximum Gasteiger partial charge on any atom is 0.119 e. The van der Waals surface area contributed by atoms with Gasteiger partial charge in [-0.05, 0) is 55.0 Å². The highest BCUT2D eigenvalue weighted by Gasteiger charge is 2.16. The number of nitrogens with zero attached hydrogens (tertiary/aromatic N) is 2. The molecule has 1 fully saturated rings. The van der Waals surface area contributed by atoms with E-state index in [1.54, 1.807) is 6.20 Å². The fourth-order valence-electron chi connectivity index (χ4n) is 3.24. The number of hydrogen-bond donors (Lipinski definition) is 1. The lowest BCUT2D eigenvalue weighted by atomic mass is 10.2. The standard InChI is InChI=1S/C20H26N2O2/c23-13-12-22(16-18-4-3-11-21-14-18)15-17-7-9-20(10-8-17)24-19-5-1-2-6-19/h3-4,7-11,14,19,23H,1-2,5-6,12-13,15-16H2. The lowest BCUT2D eigenvalue weighted by molar-refractivity contribution is 0.184. The average molecular weight is 326 g/mol. The van der Waals surface area contributed by atoms with Gasteiger partial charge in [0.1, 0.15) is 5.75 Å². The van der Waals surface area contributed by atoms with Crippen LogP contribution in [0, 0.1) is 0 Å². The summed E-state index contributed by atoms with van der Waals surface area (Å²) >= 11 is 0. The lowest BCUT2D eigenvalue weighted by Gasteiger charge is -2.21. The van der Waals surface area contributed by atoms with Crippen LogP contribution < -0.4 is 4.74 Å². The Hall–Kier alpha value is -1.91. The van der Waals surface area contributed by atoms with Gasteiger partial charge in [0.25, 0.3) is 0 Å². The number of pyridine rings is 1. The van der Waals surface area contributed by atoms with Gasteiger partial charge in [-0.2, -0.15) is 0 Å².